The van der Waals surface area contributed by atoms with E-state index in [2.05, 4.69) is 23.2 Å². The fraction of sp³-hybridized carbons (Fsp3) is 0. The molecule has 2 nitrogen and oxygen atoms in total. The van der Waals surface area contributed by atoms with E-state index < -0.39 is 0 Å². The summed E-state index contributed by atoms with van der Waals surface area (Å²) in [6, 6.07) is 13.9. The summed E-state index contributed by atoms with van der Waals surface area (Å²) >= 11 is 0. The smallest absolute Gasteiger partial charge is 0.123 e. The highest BCUT2D eigenvalue weighted by Crippen LogP contribution is 2.09. The normalized spacial score (nSPS) is 10.7. The van der Waals surface area contributed by atoms with Crippen molar-refractivity contribution in [3.63, 3.8) is 0 Å². The molecule has 0 fully saturated rings. The molecule has 0 aliphatic heterocycles. The number of pyridine rings is 1. The van der Waals surface area contributed by atoms with Crippen LogP contribution in [0, 0.1) is 0 Å². The van der Waals surface area contributed by atoms with Crippen molar-refractivity contribution < 1.29 is 0 Å². The van der Waals surface area contributed by atoms with Gasteiger partial charge in [0.25, 0.3) is 0 Å². The van der Waals surface area contributed by atoms with Crippen molar-refractivity contribution in [2.75, 3.05) is 5.73 Å². The summed E-state index contributed by atoms with van der Waals surface area (Å²) in [7, 11) is 0. The molecule has 0 spiro atoms. The number of anilines is 1. The van der Waals surface area contributed by atoms with E-state index in [1.165, 1.54) is 5.56 Å². The van der Waals surface area contributed by atoms with Crippen LogP contribution in [0.4, 0.5) is 5.82 Å². The lowest BCUT2D eigenvalue weighted by molar-refractivity contribution is 1.33. The van der Waals surface area contributed by atoms with E-state index in [-0.39, 0.29) is 0 Å². The molecular formula is C13H12N2. The van der Waals surface area contributed by atoms with Gasteiger partial charge >= 0.3 is 0 Å². The molecule has 1 aromatic carbocycles. The van der Waals surface area contributed by atoms with Gasteiger partial charge in [0.05, 0.1) is 0 Å². The van der Waals surface area contributed by atoms with Gasteiger partial charge in [-0.3, -0.25) is 0 Å². The van der Waals surface area contributed by atoms with Crippen LogP contribution < -0.4 is 5.73 Å². The SMILES string of the molecule is Nc1cc(/C=C/c2ccccc2)ccn1. The molecule has 0 aliphatic rings. The van der Waals surface area contributed by atoms with Crippen LogP contribution in [-0.4, -0.2) is 4.98 Å². The fourth-order valence-electron chi connectivity index (χ4n) is 1.33. The molecule has 0 saturated heterocycles. The topological polar surface area (TPSA) is 38.9 Å². The van der Waals surface area contributed by atoms with Gasteiger partial charge < -0.3 is 5.73 Å². The van der Waals surface area contributed by atoms with Crippen LogP contribution in [0.2, 0.25) is 0 Å². The highest BCUT2D eigenvalue weighted by Gasteiger charge is 1.89. The first-order valence-corrected chi connectivity index (χ1v) is 4.79. The lowest BCUT2D eigenvalue weighted by Gasteiger charge is -1.95. The minimum Gasteiger partial charge on any atom is -0.384 e. The summed E-state index contributed by atoms with van der Waals surface area (Å²) in [6.45, 7) is 0. The van der Waals surface area contributed by atoms with Gasteiger partial charge in [-0.2, -0.15) is 0 Å². The van der Waals surface area contributed by atoms with Crippen LogP contribution in [0.1, 0.15) is 11.1 Å². The quantitative estimate of drug-likeness (QED) is 0.802. The van der Waals surface area contributed by atoms with E-state index in [9.17, 15) is 0 Å². The molecule has 2 rings (SSSR count). The van der Waals surface area contributed by atoms with Gasteiger partial charge in [0, 0.05) is 6.20 Å². The average Bonchev–Trinajstić information content (AvgIpc) is 2.28. The van der Waals surface area contributed by atoms with Gasteiger partial charge in [0.15, 0.2) is 0 Å². The molecule has 0 radical (unpaired) electrons. The molecule has 0 saturated carbocycles. The van der Waals surface area contributed by atoms with Gasteiger partial charge in [-0.05, 0) is 23.3 Å². The van der Waals surface area contributed by atoms with Crippen LogP contribution in [0.5, 0.6) is 0 Å². The van der Waals surface area contributed by atoms with Crippen molar-refractivity contribution in [2.24, 2.45) is 0 Å². The zero-order valence-electron chi connectivity index (χ0n) is 8.30. The molecule has 2 N–H and O–H groups in total. The Morgan fingerprint density at radius 3 is 2.40 bits per heavy atom. The second kappa shape index (κ2) is 4.42. The molecule has 1 heterocycles. The number of nitrogens with two attached hydrogens (primary N) is 1. The van der Waals surface area contributed by atoms with E-state index in [0.717, 1.165) is 5.56 Å². The molecule has 1 aromatic heterocycles. The van der Waals surface area contributed by atoms with Crippen molar-refractivity contribution in [3.05, 3.63) is 59.8 Å². The predicted octanol–water partition coefficient (Wildman–Crippen LogP) is 2.83. The van der Waals surface area contributed by atoms with Crippen molar-refractivity contribution >= 4 is 18.0 Å². The Bertz CT molecular complexity index is 461. The summed E-state index contributed by atoms with van der Waals surface area (Å²) in [5.74, 6) is 0.546. The molecule has 74 valence electrons. The summed E-state index contributed by atoms with van der Waals surface area (Å²) in [4.78, 5) is 3.94. The first-order chi connectivity index (χ1) is 7.34. The molecule has 0 unspecified atom stereocenters. The van der Waals surface area contributed by atoms with Crippen molar-refractivity contribution in [1.29, 1.82) is 0 Å². The zero-order valence-corrected chi connectivity index (χ0v) is 8.30. The standard InChI is InChI=1S/C13H12N2/c14-13-10-12(8-9-15-13)7-6-11-4-2-1-3-5-11/h1-10H,(H2,14,15)/b7-6+. The maximum absolute atomic E-state index is 5.58. The van der Waals surface area contributed by atoms with Crippen molar-refractivity contribution in [2.45, 2.75) is 0 Å². The highest BCUT2D eigenvalue weighted by atomic mass is 14.8. The minimum atomic E-state index is 0.546. The third kappa shape index (κ3) is 2.68. The number of hydrogen-bond donors (Lipinski definition) is 1. The minimum absolute atomic E-state index is 0.546. The Morgan fingerprint density at radius 2 is 1.67 bits per heavy atom. The Balaban J connectivity index is 2.19. The first kappa shape index (κ1) is 9.46. The molecule has 2 heteroatoms. The van der Waals surface area contributed by atoms with Gasteiger partial charge in [-0.15, -0.1) is 0 Å². The third-order valence-corrected chi connectivity index (χ3v) is 2.07. The number of benzene rings is 1. The highest BCUT2D eigenvalue weighted by molar-refractivity contribution is 5.70. The number of rotatable bonds is 2. The van der Waals surface area contributed by atoms with E-state index in [0.29, 0.717) is 5.82 Å². The molecule has 0 atom stereocenters. The number of aromatic nitrogens is 1. The first-order valence-electron chi connectivity index (χ1n) is 4.79. The lowest BCUT2D eigenvalue weighted by Crippen LogP contribution is -1.88. The Morgan fingerprint density at radius 1 is 0.933 bits per heavy atom. The molecule has 15 heavy (non-hydrogen) atoms. The van der Waals surface area contributed by atoms with Crippen molar-refractivity contribution in [3.8, 4) is 0 Å². The zero-order chi connectivity index (χ0) is 10.5. The van der Waals surface area contributed by atoms with E-state index >= 15 is 0 Å². The second-order valence-corrected chi connectivity index (χ2v) is 3.26. The van der Waals surface area contributed by atoms with Crippen LogP contribution in [0.15, 0.2) is 48.7 Å². The van der Waals surface area contributed by atoms with Crippen molar-refractivity contribution in [1.82, 2.24) is 4.98 Å². The van der Waals surface area contributed by atoms with Crippen LogP contribution >= 0.6 is 0 Å². The molecule has 2 aromatic rings. The van der Waals surface area contributed by atoms with Gasteiger partial charge in [0.2, 0.25) is 0 Å². The van der Waals surface area contributed by atoms with E-state index in [1.807, 2.05) is 36.4 Å². The summed E-state index contributed by atoms with van der Waals surface area (Å²) < 4.78 is 0. The average molecular weight is 196 g/mol. The predicted molar refractivity (Wildman–Crippen MR) is 64.0 cm³/mol. The van der Waals surface area contributed by atoms with Crippen LogP contribution in [0.3, 0.4) is 0 Å². The van der Waals surface area contributed by atoms with Crippen LogP contribution in [-0.2, 0) is 0 Å². The molecular weight excluding hydrogens is 184 g/mol. The number of hydrogen-bond acceptors (Lipinski definition) is 2. The Labute approximate surface area is 89.1 Å². The largest absolute Gasteiger partial charge is 0.384 e. The Kier molecular flexibility index (Phi) is 2.79. The summed E-state index contributed by atoms with van der Waals surface area (Å²) in [6.07, 6.45) is 5.78. The number of nitrogen functional groups attached to an aromatic ring is 1. The van der Waals surface area contributed by atoms with E-state index in [1.54, 1.807) is 6.20 Å². The monoisotopic (exact) mass is 196 g/mol. The molecule has 0 bridgehead atoms. The lowest BCUT2D eigenvalue weighted by atomic mass is 10.1. The maximum Gasteiger partial charge on any atom is 0.123 e. The third-order valence-electron chi connectivity index (χ3n) is 2.07. The molecule has 0 amide bonds. The Hall–Kier alpha value is -2.09. The van der Waals surface area contributed by atoms with Gasteiger partial charge in [0.1, 0.15) is 5.82 Å². The molecule has 0 aliphatic carbocycles. The van der Waals surface area contributed by atoms with E-state index in [4.69, 9.17) is 5.73 Å². The summed E-state index contributed by atoms with van der Waals surface area (Å²) in [5, 5.41) is 0. The van der Waals surface area contributed by atoms with Crippen LogP contribution in [0.25, 0.3) is 12.2 Å². The van der Waals surface area contributed by atoms with Gasteiger partial charge in [-0.1, -0.05) is 42.5 Å². The number of nitrogens with zero attached hydrogens (tertiary/aromatic N) is 1. The second-order valence-electron chi connectivity index (χ2n) is 3.26. The maximum atomic E-state index is 5.58. The summed E-state index contributed by atoms with van der Waals surface area (Å²) in [5.41, 5.74) is 7.82. The fourth-order valence-corrected chi connectivity index (χ4v) is 1.33. The van der Waals surface area contributed by atoms with Gasteiger partial charge in [-0.25, -0.2) is 4.98 Å².